The topological polar surface area (TPSA) is 75.7 Å². The van der Waals surface area contributed by atoms with Crippen molar-refractivity contribution < 1.29 is 35.5 Å². The first-order valence-corrected chi connectivity index (χ1v) is 12.1. The van der Waals surface area contributed by atoms with Gasteiger partial charge in [0.05, 0.1) is 5.69 Å². The highest BCUT2D eigenvalue weighted by atomic mass is 32.2. The summed E-state index contributed by atoms with van der Waals surface area (Å²) in [7, 11) is -4.45. The van der Waals surface area contributed by atoms with Crippen molar-refractivity contribution in [3.05, 3.63) is 58.2 Å². The highest BCUT2D eigenvalue weighted by Crippen LogP contribution is 2.49. The number of sulfonamides is 1. The van der Waals surface area contributed by atoms with Crippen molar-refractivity contribution in [2.75, 3.05) is 16.2 Å². The van der Waals surface area contributed by atoms with Gasteiger partial charge >= 0.3 is 6.09 Å². The van der Waals surface area contributed by atoms with Gasteiger partial charge in [-0.1, -0.05) is 6.92 Å². The van der Waals surface area contributed by atoms with Crippen LogP contribution in [0.2, 0.25) is 0 Å². The van der Waals surface area contributed by atoms with Gasteiger partial charge in [-0.05, 0) is 44.4 Å². The molecule has 1 amide bonds. The number of nitrogens with zero attached hydrogens (tertiary/aromatic N) is 1. The summed E-state index contributed by atoms with van der Waals surface area (Å²) in [6.07, 6.45) is 1.41. The lowest BCUT2D eigenvalue weighted by Gasteiger charge is -2.34. The van der Waals surface area contributed by atoms with Crippen LogP contribution in [0.5, 0.6) is 0 Å². The molecule has 1 fully saturated rings. The molecule has 1 saturated carbocycles. The first-order chi connectivity index (χ1) is 15.5. The number of halogens is 4. The van der Waals surface area contributed by atoms with Crippen LogP contribution in [-0.2, 0) is 20.5 Å². The zero-order valence-corrected chi connectivity index (χ0v) is 18.7. The van der Waals surface area contributed by atoms with Crippen molar-refractivity contribution in [3.8, 4) is 0 Å². The molecule has 0 aromatic heterocycles. The number of rotatable bonds is 7. The van der Waals surface area contributed by atoms with E-state index in [1.54, 1.807) is 6.07 Å². The number of amides is 1. The molecule has 0 spiro atoms. The normalized spacial score (nSPS) is 18.2. The molecule has 1 aliphatic carbocycles. The molecule has 1 N–H and O–H groups in total. The fraction of sp³-hybridized carbons (Fsp3) is 0.409. The molecule has 1 atom stereocenters. The number of carbonyl (C=O) groups is 1. The van der Waals surface area contributed by atoms with Gasteiger partial charge in [0.1, 0.15) is 11.9 Å². The van der Waals surface area contributed by atoms with Crippen molar-refractivity contribution in [1.82, 2.24) is 0 Å². The van der Waals surface area contributed by atoms with Crippen molar-refractivity contribution in [1.29, 1.82) is 0 Å². The van der Waals surface area contributed by atoms with E-state index in [-0.39, 0.29) is 11.6 Å². The van der Waals surface area contributed by atoms with Gasteiger partial charge < -0.3 is 4.74 Å². The summed E-state index contributed by atoms with van der Waals surface area (Å²) in [4.78, 5) is 13.9. The summed E-state index contributed by atoms with van der Waals surface area (Å²) in [5.41, 5.74) is -0.794. The Morgan fingerprint density at radius 1 is 1.09 bits per heavy atom. The summed E-state index contributed by atoms with van der Waals surface area (Å²) in [5.74, 6) is -7.96. The molecule has 1 aliphatic heterocycles. The molecule has 178 valence electrons. The van der Waals surface area contributed by atoms with Gasteiger partial charge in [-0.15, -0.1) is 0 Å². The second-order valence-corrected chi connectivity index (χ2v) is 10.0. The molecule has 0 saturated heterocycles. The second kappa shape index (κ2) is 8.51. The van der Waals surface area contributed by atoms with Crippen molar-refractivity contribution in [2.24, 2.45) is 5.92 Å². The minimum absolute atomic E-state index is 0.0719. The molecule has 0 radical (unpaired) electrons. The van der Waals surface area contributed by atoms with Crippen LogP contribution >= 0.6 is 0 Å². The van der Waals surface area contributed by atoms with E-state index in [1.165, 1.54) is 17.0 Å². The van der Waals surface area contributed by atoms with Crippen LogP contribution in [0.4, 0.5) is 33.7 Å². The van der Waals surface area contributed by atoms with Gasteiger partial charge in [0.15, 0.2) is 23.3 Å². The largest absolute Gasteiger partial charge is 0.441 e. The molecule has 6 nitrogen and oxygen atoms in total. The Morgan fingerprint density at radius 2 is 1.73 bits per heavy atom. The van der Waals surface area contributed by atoms with E-state index in [9.17, 15) is 30.8 Å². The van der Waals surface area contributed by atoms with Crippen LogP contribution < -0.4 is 9.62 Å². The van der Waals surface area contributed by atoms with Crippen molar-refractivity contribution in [3.63, 3.8) is 0 Å². The fourth-order valence-electron chi connectivity index (χ4n) is 3.93. The van der Waals surface area contributed by atoms with Crippen LogP contribution in [0.15, 0.2) is 18.2 Å². The predicted octanol–water partition coefficient (Wildman–Crippen LogP) is 5.31. The monoisotopic (exact) mass is 486 g/mol. The van der Waals surface area contributed by atoms with E-state index in [0.717, 1.165) is 19.8 Å². The lowest BCUT2D eigenvalue weighted by Crippen LogP contribution is -2.38. The molecular formula is C22H22F4N2O4S. The highest BCUT2D eigenvalue weighted by molar-refractivity contribution is 7.91. The Labute approximate surface area is 188 Å². The molecular weight excluding hydrogens is 464 g/mol. The van der Waals surface area contributed by atoms with Crippen LogP contribution in [0, 0.1) is 36.1 Å². The third-order valence-electron chi connectivity index (χ3n) is 5.75. The maximum absolute atomic E-state index is 14.2. The van der Waals surface area contributed by atoms with Crippen LogP contribution in [0.3, 0.4) is 0 Å². The predicted molar refractivity (Wildman–Crippen MR) is 113 cm³/mol. The standard InChI is InChI=1S/C22H22F4N2O4S/c1-3-8-28-16-7-6-13(9-14(16)21(12-4-5-12)32-22(28)29)27-33(30,31)10-15-19(25)17(23)11(2)18(24)20(15)26/h6-7,9,12,21,27H,3-5,8,10H2,1-2H3. The Hall–Kier alpha value is -2.82. The number of benzene rings is 2. The Balaban J connectivity index is 1.65. The molecule has 1 heterocycles. The SMILES string of the molecule is CCCN1C(=O)OC(C2CC2)c2cc(NS(=O)(=O)Cc3c(F)c(F)c(C)c(F)c3F)ccc21. The summed E-state index contributed by atoms with van der Waals surface area (Å²) >= 11 is 0. The fourth-order valence-corrected chi connectivity index (χ4v) is 5.12. The highest BCUT2D eigenvalue weighted by Gasteiger charge is 2.42. The summed E-state index contributed by atoms with van der Waals surface area (Å²) < 4.78 is 89.0. The molecule has 2 aromatic rings. The van der Waals surface area contributed by atoms with E-state index in [1.807, 2.05) is 6.92 Å². The summed E-state index contributed by atoms with van der Waals surface area (Å²) in [6.45, 7) is 3.17. The number of fused-ring (bicyclic) bond motifs is 1. The summed E-state index contributed by atoms with van der Waals surface area (Å²) in [6, 6.07) is 4.49. The van der Waals surface area contributed by atoms with Gasteiger partial charge in [0.2, 0.25) is 10.0 Å². The first-order valence-electron chi connectivity index (χ1n) is 10.5. The molecule has 1 unspecified atom stereocenters. The van der Waals surface area contributed by atoms with E-state index in [0.29, 0.717) is 24.2 Å². The smallest absolute Gasteiger partial charge is 0.414 e. The van der Waals surface area contributed by atoms with E-state index >= 15 is 0 Å². The maximum Gasteiger partial charge on any atom is 0.414 e. The first kappa shape index (κ1) is 23.3. The maximum atomic E-state index is 14.2. The van der Waals surface area contributed by atoms with Gasteiger partial charge in [-0.3, -0.25) is 9.62 Å². The van der Waals surface area contributed by atoms with Crippen molar-refractivity contribution >= 4 is 27.5 Å². The molecule has 11 heteroatoms. The second-order valence-electron chi connectivity index (χ2n) is 8.29. The number of cyclic esters (lactones) is 1. The number of hydrogen-bond acceptors (Lipinski definition) is 4. The number of hydrogen-bond donors (Lipinski definition) is 1. The lowest BCUT2D eigenvalue weighted by atomic mass is 10.00. The quantitative estimate of drug-likeness (QED) is 0.425. The zero-order valence-electron chi connectivity index (χ0n) is 17.9. The average Bonchev–Trinajstić information content (AvgIpc) is 3.61. The van der Waals surface area contributed by atoms with Gasteiger partial charge in [-0.2, -0.15) is 0 Å². The van der Waals surface area contributed by atoms with E-state index < -0.39 is 62.4 Å². The van der Waals surface area contributed by atoms with Crippen LogP contribution in [0.1, 0.15) is 49.0 Å². The van der Waals surface area contributed by atoms with Gasteiger partial charge in [-0.25, -0.2) is 30.8 Å². The van der Waals surface area contributed by atoms with Crippen LogP contribution in [-0.4, -0.2) is 21.1 Å². The van der Waals surface area contributed by atoms with E-state index in [4.69, 9.17) is 4.74 Å². The molecule has 0 bridgehead atoms. The van der Waals surface area contributed by atoms with E-state index in [2.05, 4.69) is 4.72 Å². The van der Waals surface area contributed by atoms with Crippen LogP contribution in [0.25, 0.3) is 0 Å². The third kappa shape index (κ3) is 4.38. The Morgan fingerprint density at radius 3 is 2.30 bits per heavy atom. The number of ether oxygens (including phenoxy) is 1. The lowest BCUT2D eigenvalue weighted by molar-refractivity contribution is 0.0849. The zero-order chi connectivity index (χ0) is 24.1. The molecule has 2 aromatic carbocycles. The molecule has 2 aliphatic rings. The molecule has 4 rings (SSSR count). The van der Waals surface area contributed by atoms with Gasteiger partial charge in [0.25, 0.3) is 0 Å². The third-order valence-corrected chi connectivity index (χ3v) is 6.97. The Bertz CT molecular complexity index is 1200. The number of nitrogens with one attached hydrogen (secondary N) is 1. The minimum atomic E-state index is -4.45. The minimum Gasteiger partial charge on any atom is -0.441 e. The number of carbonyl (C=O) groups excluding carboxylic acids is 1. The number of anilines is 2. The average molecular weight is 486 g/mol. The van der Waals surface area contributed by atoms with Crippen molar-refractivity contribution in [2.45, 2.75) is 45.0 Å². The summed E-state index contributed by atoms with van der Waals surface area (Å²) in [5, 5.41) is 0. The Kier molecular flexibility index (Phi) is 6.02. The van der Waals surface area contributed by atoms with Gasteiger partial charge in [0, 0.05) is 34.8 Å². The molecule has 33 heavy (non-hydrogen) atoms.